The van der Waals surface area contributed by atoms with Crippen molar-refractivity contribution in [2.45, 2.75) is 12.8 Å². The van der Waals surface area contributed by atoms with E-state index in [9.17, 15) is 4.79 Å². The minimum Gasteiger partial charge on any atom is -0.461 e. The summed E-state index contributed by atoms with van der Waals surface area (Å²) in [4.78, 5) is 12.3. The summed E-state index contributed by atoms with van der Waals surface area (Å²) >= 11 is 0. The molecule has 1 fully saturated rings. The second kappa shape index (κ2) is 8.32. The molecule has 1 saturated heterocycles. The van der Waals surface area contributed by atoms with E-state index in [0.29, 0.717) is 24.7 Å². The summed E-state index contributed by atoms with van der Waals surface area (Å²) < 4.78 is 15.7. The third-order valence-corrected chi connectivity index (χ3v) is 4.25. The maximum Gasteiger partial charge on any atom is 0.273 e. The van der Waals surface area contributed by atoms with Crippen LogP contribution >= 0.6 is 12.4 Å². The highest BCUT2D eigenvalue weighted by atomic mass is 35.5. The molecule has 2 N–H and O–H groups in total. The first-order valence-corrected chi connectivity index (χ1v) is 7.71. The Balaban J connectivity index is 0.00000208. The largest absolute Gasteiger partial charge is 0.461 e. The molecule has 7 nitrogen and oxygen atoms in total. The third-order valence-electron chi connectivity index (χ3n) is 4.25. The second-order valence-corrected chi connectivity index (χ2v) is 5.92. The summed E-state index contributed by atoms with van der Waals surface area (Å²) in [6, 6.07) is 5.09. The van der Waals surface area contributed by atoms with E-state index in [0.717, 1.165) is 25.9 Å². The third kappa shape index (κ3) is 4.17. The van der Waals surface area contributed by atoms with Crippen LogP contribution in [0, 0.1) is 5.41 Å². The summed E-state index contributed by atoms with van der Waals surface area (Å²) in [5, 5.41) is 10.1. The van der Waals surface area contributed by atoms with E-state index < -0.39 is 0 Å². The minimum absolute atomic E-state index is 0. The van der Waals surface area contributed by atoms with E-state index in [-0.39, 0.29) is 29.4 Å². The fraction of sp³-hybridized carbons (Fsp3) is 0.500. The summed E-state index contributed by atoms with van der Waals surface area (Å²) in [5.74, 6) is 0.736. The summed E-state index contributed by atoms with van der Waals surface area (Å²) in [7, 11) is 1.69. The lowest BCUT2D eigenvalue weighted by Gasteiger charge is -2.37. The molecule has 0 aliphatic carbocycles. The molecule has 0 aromatic carbocycles. The molecule has 0 spiro atoms. The molecule has 132 valence electrons. The van der Waals surface area contributed by atoms with Gasteiger partial charge in [0, 0.05) is 25.1 Å². The summed E-state index contributed by atoms with van der Waals surface area (Å²) in [5.41, 5.74) is 0.223. The van der Waals surface area contributed by atoms with Gasteiger partial charge in [-0.25, -0.2) is 0 Å². The molecule has 2 aromatic heterocycles. The zero-order chi connectivity index (χ0) is 16.1. The van der Waals surface area contributed by atoms with Crippen LogP contribution in [0.5, 0.6) is 0 Å². The Labute approximate surface area is 146 Å². The number of furan rings is 1. The van der Waals surface area contributed by atoms with E-state index in [1.807, 2.05) is 0 Å². The maximum absolute atomic E-state index is 12.3. The Morgan fingerprint density at radius 3 is 2.88 bits per heavy atom. The molecule has 1 aliphatic heterocycles. The van der Waals surface area contributed by atoms with Gasteiger partial charge in [-0.1, -0.05) is 5.16 Å². The first kappa shape index (κ1) is 18.5. The zero-order valence-electron chi connectivity index (χ0n) is 13.5. The van der Waals surface area contributed by atoms with Crippen molar-refractivity contribution in [1.29, 1.82) is 0 Å². The number of rotatable bonds is 6. The summed E-state index contributed by atoms with van der Waals surface area (Å²) in [6.07, 6.45) is 3.48. The molecule has 8 heteroatoms. The van der Waals surface area contributed by atoms with Crippen LogP contribution in [0.2, 0.25) is 0 Å². The quantitative estimate of drug-likeness (QED) is 0.824. The number of nitrogens with one attached hydrogen (secondary N) is 2. The molecule has 24 heavy (non-hydrogen) atoms. The molecule has 0 saturated carbocycles. The van der Waals surface area contributed by atoms with Gasteiger partial charge >= 0.3 is 0 Å². The molecular formula is C16H22ClN3O4. The Hall–Kier alpha value is -1.83. The molecule has 0 atom stereocenters. The topological polar surface area (TPSA) is 89.5 Å². The van der Waals surface area contributed by atoms with Gasteiger partial charge in [0.2, 0.25) is 5.76 Å². The van der Waals surface area contributed by atoms with E-state index in [1.165, 1.54) is 0 Å². The van der Waals surface area contributed by atoms with E-state index in [2.05, 4.69) is 15.8 Å². The van der Waals surface area contributed by atoms with Gasteiger partial charge in [-0.3, -0.25) is 4.79 Å². The highest BCUT2D eigenvalue weighted by Crippen LogP contribution is 2.28. The van der Waals surface area contributed by atoms with Crippen molar-refractivity contribution in [3.05, 3.63) is 30.2 Å². The van der Waals surface area contributed by atoms with Crippen LogP contribution in [0.4, 0.5) is 0 Å². The van der Waals surface area contributed by atoms with Gasteiger partial charge in [-0.2, -0.15) is 0 Å². The van der Waals surface area contributed by atoms with Crippen LogP contribution in [-0.4, -0.2) is 44.4 Å². The Kier molecular flexibility index (Phi) is 6.42. The average molecular weight is 356 g/mol. The number of carbonyl (C=O) groups is 1. The number of amides is 1. The molecule has 0 radical (unpaired) electrons. The van der Waals surface area contributed by atoms with Crippen LogP contribution in [0.15, 0.2) is 33.4 Å². The monoisotopic (exact) mass is 355 g/mol. The number of aromatic nitrogens is 1. The van der Waals surface area contributed by atoms with Crippen molar-refractivity contribution >= 4 is 18.3 Å². The Morgan fingerprint density at radius 2 is 2.21 bits per heavy atom. The molecule has 0 bridgehead atoms. The lowest BCUT2D eigenvalue weighted by molar-refractivity contribution is 0.0510. The van der Waals surface area contributed by atoms with Crippen LogP contribution < -0.4 is 10.6 Å². The highest BCUT2D eigenvalue weighted by Gasteiger charge is 2.32. The molecule has 0 unspecified atom stereocenters. The fourth-order valence-corrected chi connectivity index (χ4v) is 2.91. The van der Waals surface area contributed by atoms with Gasteiger partial charge in [-0.05, 0) is 38.1 Å². The van der Waals surface area contributed by atoms with Crippen molar-refractivity contribution < 1.29 is 18.5 Å². The lowest BCUT2D eigenvalue weighted by Crippen LogP contribution is -2.47. The maximum atomic E-state index is 12.3. The van der Waals surface area contributed by atoms with Gasteiger partial charge < -0.3 is 24.3 Å². The van der Waals surface area contributed by atoms with Gasteiger partial charge in [0.25, 0.3) is 5.91 Å². The predicted octanol–water partition coefficient (Wildman–Crippen LogP) is 2.10. The molecule has 3 rings (SSSR count). The minimum atomic E-state index is -0.249. The van der Waals surface area contributed by atoms with Crippen molar-refractivity contribution in [1.82, 2.24) is 15.8 Å². The smallest absolute Gasteiger partial charge is 0.273 e. The van der Waals surface area contributed by atoms with Crippen LogP contribution in [0.3, 0.4) is 0 Å². The van der Waals surface area contributed by atoms with Gasteiger partial charge in [0.15, 0.2) is 11.5 Å². The predicted molar refractivity (Wildman–Crippen MR) is 90.2 cm³/mol. The molecule has 3 heterocycles. The van der Waals surface area contributed by atoms with Gasteiger partial charge in [0.1, 0.15) is 0 Å². The average Bonchev–Trinajstić information content (AvgIpc) is 3.25. The standard InChI is InChI=1S/C16H21N3O4.ClH/c1-21-11-16(4-6-17-7-5-16)10-18-15(20)12-9-14(23-19-12)13-3-2-8-22-13;/h2-3,8-9,17H,4-7,10-11H2,1H3,(H,18,20);1H. The molecular weight excluding hydrogens is 334 g/mol. The van der Waals surface area contributed by atoms with Crippen molar-refractivity contribution in [3.8, 4) is 11.5 Å². The van der Waals surface area contributed by atoms with Crippen molar-refractivity contribution in [2.24, 2.45) is 5.41 Å². The van der Waals surface area contributed by atoms with Crippen molar-refractivity contribution in [3.63, 3.8) is 0 Å². The zero-order valence-corrected chi connectivity index (χ0v) is 14.4. The first-order valence-electron chi connectivity index (χ1n) is 7.71. The number of nitrogens with zero attached hydrogens (tertiary/aromatic N) is 1. The fourth-order valence-electron chi connectivity index (χ4n) is 2.91. The normalized spacial score (nSPS) is 16.4. The lowest BCUT2D eigenvalue weighted by atomic mass is 9.79. The van der Waals surface area contributed by atoms with Crippen LogP contribution in [0.25, 0.3) is 11.5 Å². The summed E-state index contributed by atoms with van der Waals surface area (Å²) in [6.45, 7) is 3.06. The SMILES string of the molecule is COCC1(CNC(=O)c2cc(-c3ccco3)on2)CCNCC1.Cl. The highest BCUT2D eigenvalue weighted by molar-refractivity contribution is 5.92. The van der Waals surface area contributed by atoms with E-state index in [4.69, 9.17) is 13.7 Å². The van der Waals surface area contributed by atoms with Crippen LogP contribution in [0.1, 0.15) is 23.3 Å². The van der Waals surface area contributed by atoms with Gasteiger partial charge in [0.05, 0.1) is 12.9 Å². The second-order valence-electron chi connectivity index (χ2n) is 5.92. The molecule has 1 aliphatic rings. The Bertz CT molecular complexity index is 630. The van der Waals surface area contributed by atoms with E-state index in [1.54, 1.807) is 31.6 Å². The number of ether oxygens (including phenoxy) is 1. The van der Waals surface area contributed by atoms with Gasteiger partial charge in [-0.15, -0.1) is 12.4 Å². The number of piperidine rings is 1. The number of methoxy groups -OCH3 is 1. The van der Waals surface area contributed by atoms with E-state index >= 15 is 0 Å². The molecule has 2 aromatic rings. The van der Waals surface area contributed by atoms with Crippen molar-refractivity contribution in [2.75, 3.05) is 33.4 Å². The Morgan fingerprint density at radius 1 is 1.42 bits per heavy atom. The molecule has 1 amide bonds. The number of carbonyl (C=O) groups excluding carboxylic acids is 1. The first-order chi connectivity index (χ1) is 11.2. The number of hydrogen-bond acceptors (Lipinski definition) is 6. The number of hydrogen-bond donors (Lipinski definition) is 2. The number of halogens is 1. The van der Waals surface area contributed by atoms with Crippen LogP contribution in [-0.2, 0) is 4.74 Å².